The van der Waals surface area contributed by atoms with Gasteiger partial charge in [0.2, 0.25) is 0 Å². The molecule has 0 aliphatic heterocycles. The Hall–Kier alpha value is -0.120. The molecule has 0 heterocycles. The number of hydrogen-bond acceptors (Lipinski definition) is 3. The predicted octanol–water partition coefficient (Wildman–Crippen LogP) is 5.67. The van der Waals surface area contributed by atoms with Crippen molar-refractivity contribution in [3.63, 3.8) is 0 Å². The Morgan fingerprint density at radius 3 is 1.10 bits per heavy atom. The molecule has 0 saturated heterocycles. The fourth-order valence-corrected chi connectivity index (χ4v) is 2.17. The van der Waals surface area contributed by atoms with Crippen LogP contribution in [0.4, 0.5) is 0 Å². The largest absolute Gasteiger partial charge is 0.327 e. The maximum absolute atomic E-state index is 6.00. The van der Waals surface area contributed by atoms with Crippen molar-refractivity contribution in [1.29, 1.82) is 0 Å². The summed E-state index contributed by atoms with van der Waals surface area (Å²) in [6, 6.07) is 0. The van der Waals surface area contributed by atoms with E-state index in [0.717, 1.165) is 45.5 Å². The fraction of sp³-hybridized carbons (Fsp3) is 1.00. The molecule has 0 aliphatic carbocycles. The van der Waals surface area contributed by atoms with E-state index in [1.165, 1.54) is 38.5 Å². The van der Waals surface area contributed by atoms with Crippen molar-refractivity contribution >= 4 is 0 Å². The van der Waals surface area contributed by atoms with Gasteiger partial charge in [0.25, 0.3) is 5.97 Å². The summed E-state index contributed by atoms with van der Waals surface area (Å²) in [5.74, 6) is -0.810. The van der Waals surface area contributed by atoms with E-state index >= 15 is 0 Å². The van der Waals surface area contributed by atoms with E-state index in [0.29, 0.717) is 0 Å². The highest BCUT2D eigenvalue weighted by Gasteiger charge is 2.31. The third kappa shape index (κ3) is 11.1. The predicted molar refractivity (Wildman–Crippen MR) is 89.5 cm³/mol. The van der Waals surface area contributed by atoms with Crippen LogP contribution in [0.1, 0.15) is 91.9 Å². The molecule has 21 heavy (non-hydrogen) atoms. The van der Waals surface area contributed by atoms with E-state index in [4.69, 9.17) is 14.2 Å². The Morgan fingerprint density at radius 1 is 0.524 bits per heavy atom. The van der Waals surface area contributed by atoms with Gasteiger partial charge in [-0.3, -0.25) is 0 Å². The van der Waals surface area contributed by atoms with Gasteiger partial charge in [0, 0.05) is 6.42 Å². The van der Waals surface area contributed by atoms with Crippen LogP contribution in [0, 0.1) is 0 Å². The zero-order chi connectivity index (χ0) is 15.8. The lowest BCUT2D eigenvalue weighted by Crippen LogP contribution is -2.39. The fourth-order valence-electron chi connectivity index (χ4n) is 2.17. The van der Waals surface area contributed by atoms with Crippen molar-refractivity contribution in [2.75, 3.05) is 19.8 Å². The first-order chi connectivity index (χ1) is 10.2. The van der Waals surface area contributed by atoms with Crippen LogP contribution in [-0.4, -0.2) is 25.8 Å². The summed E-state index contributed by atoms with van der Waals surface area (Å²) in [6.07, 6.45) is 11.2. The second-order valence-electron chi connectivity index (χ2n) is 5.70. The van der Waals surface area contributed by atoms with E-state index in [1.807, 2.05) is 0 Å². The van der Waals surface area contributed by atoms with Gasteiger partial charge in [0.1, 0.15) is 0 Å². The van der Waals surface area contributed by atoms with Gasteiger partial charge in [0.15, 0.2) is 0 Å². The SMILES string of the molecule is CCCCCOC(CC)(OCCCCC)OCCCCC. The van der Waals surface area contributed by atoms with Crippen LogP contribution in [0.25, 0.3) is 0 Å². The average Bonchev–Trinajstić information content (AvgIpc) is 2.51. The third-order valence-corrected chi connectivity index (χ3v) is 3.64. The van der Waals surface area contributed by atoms with E-state index in [1.54, 1.807) is 0 Å². The monoisotopic (exact) mass is 302 g/mol. The third-order valence-electron chi connectivity index (χ3n) is 3.64. The van der Waals surface area contributed by atoms with Crippen LogP contribution in [-0.2, 0) is 14.2 Å². The van der Waals surface area contributed by atoms with E-state index in [-0.39, 0.29) is 0 Å². The molecular weight excluding hydrogens is 264 g/mol. The molecule has 0 N–H and O–H groups in total. The smallest absolute Gasteiger partial charge is 0.282 e. The molecule has 0 saturated carbocycles. The molecular formula is C18H38O3. The molecule has 0 amide bonds. The van der Waals surface area contributed by atoms with Gasteiger partial charge in [-0.25, -0.2) is 0 Å². The van der Waals surface area contributed by atoms with Crippen LogP contribution >= 0.6 is 0 Å². The van der Waals surface area contributed by atoms with Gasteiger partial charge in [-0.05, 0) is 19.3 Å². The molecule has 3 nitrogen and oxygen atoms in total. The van der Waals surface area contributed by atoms with Crippen molar-refractivity contribution in [1.82, 2.24) is 0 Å². The van der Waals surface area contributed by atoms with Crippen molar-refractivity contribution in [2.24, 2.45) is 0 Å². The second kappa shape index (κ2) is 14.8. The molecule has 0 aromatic rings. The lowest BCUT2D eigenvalue weighted by atomic mass is 10.2. The maximum atomic E-state index is 6.00. The molecule has 0 fully saturated rings. The summed E-state index contributed by atoms with van der Waals surface area (Å²) in [6.45, 7) is 10.9. The summed E-state index contributed by atoms with van der Waals surface area (Å²) in [5, 5.41) is 0. The van der Waals surface area contributed by atoms with Crippen molar-refractivity contribution in [2.45, 2.75) is 97.9 Å². The maximum Gasteiger partial charge on any atom is 0.282 e. The Morgan fingerprint density at radius 2 is 0.857 bits per heavy atom. The number of unbranched alkanes of at least 4 members (excludes halogenated alkanes) is 6. The minimum Gasteiger partial charge on any atom is -0.327 e. The normalized spacial score (nSPS) is 12.0. The molecule has 0 spiro atoms. The lowest BCUT2D eigenvalue weighted by molar-refractivity contribution is -0.382. The summed E-state index contributed by atoms with van der Waals surface area (Å²) >= 11 is 0. The van der Waals surface area contributed by atoms with E-state index in [2.05, 4.69) is 27.7 Å². The van der Waals surface area contributed by atoms with Gasteiger partial charge < -0.3 is 14.2 Å². The van der Waals surface area contributed by atoms with E-state index < -0.39 is 5.97 Å². The standard InChI is InChI=1S/C18H38O3/c1-5-9-12-15-19-18(8-4,20-16-13-10-6-2)21-17-14-11-7-3/h5-17H2,1-4H3. The first-order valence-corrected chi connectivity index (χ1v) is 9.16. The molecule has 0 aromatic carbocycles. The Balaban J connectivity index is 4.22. The van der Waals surface area contributed by atoms with Gasteiger partial charge in [-0.15, -0.1) is 0 Å². The molecule has 0 aromatic heterocycles. The zero-order valence-corrected chi connectivity index (χ0v) is 14.9. The van der Waals surface area contributed by atoms with Gasteiger partial charge >= 0.3 is 0 Å². The molecule has 0 bridgehead atoms. The second-order valence-corrected chi connectivity index (χ2v) is 5.70. The minimum absolute atomic E-state index is 0.725. The summed E-state index contributed by atoms with van der Waals surface area (Å²) < 4.78 is 18.0. The molecule has 0 aliphatic rings. The average molecular weight is 302 g/mol. The van der Waals surface area contributed by atoms with Crippen LogP contribution in [0.3, 0.4) is 0 Å². The van der Waals surface area contributed by atoms with Crippen molar-refractivity contribution < 1.29 is 14.2 Å². The molecule has 128 valence electrons. The molecule has 0 atom stereocenters. The van der Waals surface area contributed by atoms with Gasteiger partial charge in [-0.2, -0.15) is 0 Å². The summed E-state index contributed by atoms with van der Waals surface area (Å²) in [4.78, 5) is 0. The summed E-state index contributed by atoms with van der Waals surface area (Å²) in [7, 11) is 0. The molecule has 0 rings (SSSR count). The highest BCUT2D eigenvalue weighted by atomic mass is 16.9. The molecule has 0 unspecified atom stereocenters. The van der Waals surface area contributed by atoms with Crippen LogP contribution in [0.5, 0.6) is 0 Å². The quantitative estimate of drug-likeness (QED) is 0.271. The van der Waals surface area contributed by atoms with E-state index in [9.17, 15) is 0 Å². The Bertz CT molecular complexity index is 175. The minimum atomic E-state index is -0.810. The number of rotatable bonds is 16. The Labute approximate surface area is 132 Å². The van der Waals surface area contributed by atoms with Crippen LogP contribution in [0.2, 0.25) is 0 Å². The molecule has 3 heteroatoms. The van der Waals surface area contributed by atoms with Crippen LogP contribution < -0.4 is 0 Å². The lowest BCUT2D eigenvalue weighted by Gasteiger charge is -2.32. The van der Waals surface area contributed by atoms with Crippen molar-refractivity contribution in [3.05, 3.63) is 0 Å². The van der Waals surface area contributed by atoms with Crippen molar-refractivity contribution in [3.8, 4) is 0 Å². The Kier molecular flexibility index (Phi) is 14.7. The zero-order valence-electron chi connectivity index (χ0n) is 14.9. The van der Waals surface area contributed by atoms with Gasteiger partial charge in [0.05, 0.1) is 19.8 Å². The van der Waals surface area contributed by atoms with Crippen LogP contribution in [0.15, 0.2) is 0 Å². The number of ether oxygens (including phenoxy) is 3. The highest BCUT2D eigenvalue weighted by molar-refractivity contribution is 4.57. The van der Waals surface area contributed by atoms with Gasteiger partial charge in [-0.1, -0.05) is 66.2 Å². The number of hydrogen-bond donors (Lipinski definition) is 0. The topological polar surface area (TPSA) is 27.7 Å². The first-order valence-electron chi connectivity index (χ1n) is 9.16. The highest BCUT2D eigenvalue weighted by Crippen LogP contribution is 2.22. The molecule has 0 radical (unpaired) electrons. The summed E-state index contributed by atoms with van der Waals surface area (Å²) in [5.41, 5.74) is 0. The first kappa shape index (κ1) is 20.9.